The van der Waals surface area contributed by atoms with Crippen molar-refractivity contribution in [3.63, 3.8) is 0 Å². The molecule has 0 radical (unpaired) electrons. The number of rotatable bonds is 4. The minimum atomic E-state index is -0.350. The Morgan fingerprint density at radius 1 is 1.64 bits per heavy atom. The lowest BCUT2D eigenvalue weighted by atomic mass is 10.2. The molecule has 5 heteroatoms. The van der Waals surface area contributed by atoms with Crippen molar-refractivity contribution >= 4 is 23.4 Å². The zero-order valence-corrected chi connectivity index (χ0v) is 10.2. The van der Waals surface area contributed by atoms with Crippen molar-refractivity contribution in [2.45, 2.75) is 19.4 Å². The van der Waals surface area contributed by atoms with Gasteiger partial charge in [-0.25, -0.2) is 0 Å². The van der Waals surface area contributed by atoms with E-state index in [-0.39, 0.29) is 6.10 Å². The molecule has 0 aliphatic rings. The highest BCUT2D eigenvalue weighted by Gasteiger charge is 2.14. The third kappa shape index (κ3) is 2.65. The molecule has 3 nitrogen and oxygen atoms in total. The summed E-state index contributed by atoms with van der Waals surface area (Å²) in [5, 5.41) is 14.5. The minimum Gasteiger partial charge on any atom is -0.392 e. The molecule has 0 aromatic carbocycles. The zero-order valence-electron chi connectivity index (χ0n) is 8.62. The van der Waals surface area contributed by atoms with Crippen molar-refractivity contribution in [1.29, 1.82) is 0 Å². The Balaban J connectivity index is 2.75. The van der Waals surface area contributed by atoms with Crippen LogP contribution >= 0.6 is 23.4 Å². The van der Waals surface area contributed by atoms with E-state index in [1.165, 1.54) is 0 Å². The predicted octanol–water partition coefficient (Wildman–Crippen LogP) is 1.65. The fourth-order valence-corrected chi connectivity index (χ4v) is 2.12. The van der Waals surface area contributed by atoms with E-state index in [0.717, 1.165) is 17.1 Å². The molecule has 0 fully saturated rings. The second-order valence-corrected chi connectivity index (χ2v) is 4.57. The summed E-state index contributed by atoms with van der Waals surface area (Å²) in [4.78, 5) is 0. The van der Waals surface area contributed by atoms with Gasteiger partial charge >= 0.3 is 0 Å². The van der Waals surface area contributed by atoms with E-state index < -0.39 is 0 Å². The van der Waals surface area contributed by atoms with Gasteiger partial charge in [-0.2, -0.15) is 16.9 Å². The van der Waals surface area contributed by atoms with Crippen LogP contribution in [0.1, 0.15) is 11.4 Å². The minimum absolute atomic E-state index is 0.350. The third-order valence-corrected chi connectivity index (χ3v) is 3.26. The van der Waals surface area contributed by atoms with Crippen molar-refractivity contribution in [3.8, 4) is 0 Å². The summed E-state index contributed by atoms with van der Waals surface area (Å²) in [6.45, 7) is 1.87. The number of hydrogen-bond acceptors (Lipinski definition) is 3. The lowest BCUT2D eigenvalue weighted by Gasteiger charge is -2.09. The van der Waals surface area contributed by atoms with Gasteiger partial charge in [0.25, 0.3) is 0 Å². The lowest BCUT2D eigenvalue weighted by molar-refractivity contribution is 0.197. The van der Waals surface area contributed by atoms with E-state index >= 15 is 0 Å². The maximum atomic E-state index is 9.64. The average Bonchev–Trinajstić information content (AvgIpc) is 2.33. The molecule has 0 saturated carbocycles. The first-order valence-electron chi connectivity index (χ1n) is 4.41. The van der Waals surface area contributed by atoms with Gasteiger partial charge in [-0.1, -0.05) is 11.6 Å². The smallest absolute Gasteiger partial charge is 0.0847 e. The van der Waals surface area contributed by atoms with Crippen LogP contribution in [0.3, 0.4) is 0 Å². The van der Waals surface area contributed by atoms with Gasteiger partial charge in [0, 0.05) is 19.2 Å². The molecule has 0 aliphatic carbocycles. The molecule has 1 N–H and O–H groups in total. The number of halogens is 1. The van der Waals surface area contributed by atoms with Crippen molar-refractivity contribution in [1.82, 2.24) is 9.78 Å². The Hall–Kier alpha value is -0.190. The van der Waals surface area contributed by atoms with E-state index in [0.29, 0.717) is 11.4 Å². The highest BCUT2D eigenvalue weighted by Crippen LogP contribution is 2.21. The maximum absolute atomic E-state index is 9.64. The monoisotopic (exact) mass is 234 g/mol. The molecular weight excluding hydrogens is 220 g/mol. The summed E-state index contributed by atoms with van der Waals surface area (Å²) >= 11 is 7.68. The second-order valence-electron chi connectivity index (χ2n) is 3.28. The number of nitrogens with zero attached hydrogens (tertiary/aromatic N) is 2. The molecule has 1 unspecified atom stereocenters. The van der Waals surface area contributed by atoms with Crippen LogP contribution in [0, 0.1) is 6.92 Å². The topological polar surface area (TPSA) is 38.1 Å². The number of aryl methyl sites for hydroxylation is 2. The summed E-state index contributed by atoms with van der Waals surface area (Å²) in [6.07, 6.45) is 2.19. The number of thioether (sulfide) groups is 1. The predicted molar refractivity (Wildman–Crippen MR) is 61.0 cm³/mol. The summed E-state index contributed by atoms with van der Waals surface area (Å²) in [6, 6.07) is 0. The molecule has 0 aliphatic heterocycles. The molecule has 1 aromatic heterocycles. The largest absolute Gasteiger partial charge is 0.392 e. The standard InChI is InChI=1S/C9H15ClN2OS/c1-6-9(10)8(12(2)11-6)4-7(13)5-14-3/h7,13H,4-5H2,1-3H3. The number of hydrogen-bond donors (Lipinski definition) is 1. The van der Waals surface area contributed by atoms with Gasteiger partial charge in [-0.15, -0.1) is 0 Å². The molecule has 0 saturated heterocycles. The van der Waals surface area contributed by atoms with Gasteiger partial charge in [0.1, 0.15) is 0 Å². The van der Waals surface area contributed by atoms with Gasteiger partial charge in [-0.3, -0.25) is 4.68 Å². The zero-order chi connectivity index (χ0) is 10.7. The molecule has 0 spiro atoms. The summed E-state index contributed by atoms with van der Waals surface area (Å²) in [5.41, 5.74) is 1.73. The number of aliphatic hydroxyl groups is 1. The van der Waals surface area contributed by atoms with Crippen molar-refractivity contribution in [3.05, 3.63) is 16.4 Å². The maximum Gasteiger partial charge on any atom is 0.0847 e. The van der Waals surface area contributed by atoms with Crippen LogP contribution in [0.4, 0.5) is 0 Å². The Morgan fingerprint density at radius 3 is 2.71 bits per heavy atom. The van der Waals surface area contributed by atoms with Crippen molar-refractivity contribution in [2.24, 2.45) is 7.05 Å². The number of aliphatic hydroxyl groups excluding tert-OH is 1. The highest BCUT2D eigenvalue weighted by molar-refractivity contribution is 7.98. The van der Waals surface area contributed by atoms with Crippen LogP contribution < -0.4 is 0 Å². The Morgan fingerprint density at radius 2 is 2.29 bits per heavy atom. The molecule has 14 heavy (non-hydrogen) atoms. The Bertz CT molecular complexity index is 314. The lowest BCUT2D eigenvalue weighted by Crippen LogP contribution is -2.15. The molecule has 1 rings (SSSR count). The van der Waals surface area contributed by atoms with Crippen LogP contribution in [0.15, 0.2) is 0 Å². The van der Waals surface area contributed by atoms with Crippen LogP contribution in [0.5, 0.6) is 0 Å². The average molecular weight is 235 g/mol. The van der Waals surface area contributed by atoms with Crippen LogP contribution in [-0.2, 0) is 13.5 Å². The fourth-order valence-electron chi connectivity index (χ4n) is 1.38. The van der Waals surface area contributed by atoms with E-state index in [4.69, 9.17) is 11.6 Å². The summed E-state index contributed by atoms with van der Waals surface area (Å²) in [7, 11) is 1.85. The first-order valence-corrected chi connectivity index (χ1v) is 6.18. The first-order chi connectivity index (χ1) is 6.56. The Kier molecular flexibility index (Phi) is 4.29. The summed E-state index contributed by atoms with van der Waals surface area (Å²) in [5.74, 6) is 0.723. The SMILES string of the molecule is CSCC(O)Cc1c(Cl)c(C)nn1C. The third-order valence-electron chi connectivity index (χ3n) is 2.05. The molecule has 1 atom stereocenters. The molecule has 0 amide bonds. The van der Waals surface area contributed by atoms with Crippen molar-refractivity contribution in [2.75, 3.05) is 12.0 Å². The van der Waals surface area contributed by atoms with Crippen LogP contribution in [0.2, 0.25) is 5.02 Å². The highest BCUT2D eigenvalue weighted by atomic mass is 35.5. The van der Waals surface area contributed by atoms with E-state index in [2.05, 4.69) is 5.10 Å². The molecular formula is C9H15ClN2OS. The van der Waals surface area contributed by atoms with Gasteiger partial charge in [0.2, 0.25) is 0 Å². The normalized spacial score (nSPS) is 13.2. The summed E-state index contributed by atoms with van der Waals surface area (Å²) < 4.78 is 1.74. The van der Waals surface area contributed by atoms with E-state index in [1.807, 2.05) is 20.2 Å². The molecule has 0 bridgehead atoms. The first kappa shape index (κ1) is 11.9. The number of aromatic nitrogens is 2. The van der Waals surface area contributed by atoms with Crippen molar-refractivity contribution < 1.29 is 5.11 Å². The molecule has 1 aromatic rings. The van der Waals surface area contributed by atoms with Gasteiger partial charge < -0.3 is 5.11 Å². The van der Waals surface area contributed by atoms with Crippen LogP contribution in [-0.4, -0.2) is 33.0 Å². The molecule has 80 valence electrons. The fraction of sp³-hybridized carbons (Fsp3) is 0.667. The van der Waals surface area contributed by atoms with E-state index in [9.17, 15) is 5.11 Å². The van der Waals surface area contributed by atoms with Gasteiger partial charge in [0.15, 0.2) is 0 Å². The second kappa shape index (κ2) is 5.05. The van der Waals surface area contributed by atoms with Crippen LogP contribution in [0.25, 0.3) is 0 Å². The molecule has 1 heterocycles. The van der Waals surface area contributed by atoms with Gasteiger partial charge in [0.05, 0.1) is 22.5 Å². The van der Waals surface area contributed by atoms with Gasteiger partial charge in [-0.05, 0) is 13.2 Å². The quantitative estimate of drug-likeness (QED) is 0.861. The van der Waals surface area contributed by atoms with E-state index in [1.54, 1.807) is 16.4 Å². The Labute approximate surface area is 93.4 Å².